The largest absolute Gasteiger partial charge is 0.492 e. The Morgan fingerprint density at radius 2 is 2.00 bits per heavy atom. The van der Waals surface area contributed by atoms with Gasteiger partial charge in [-0.1, -0.05) is 24.3 Å². The van der Waals surface area contributed by atoms with Gasteiger partial charge in [0.25, 0.3) is 0 Å². The summed E-state index contributed by atoms with van der Waals surface area (Å²) >= 11 is 0. The average Bonchev–Trinajstić information content (AvgIpc) is 2.83. The molecule has 0 unspecified atom stereocenters. The first-order chi connectivity index (χ1) is 9.79. The van der Waals surface area contributed by atoms with Crippen LogP contribution in [0.25, 0.3) is 16.6 Å². The van der Waals surface area contributed by atoms with Crippen LogP contribution in [0.1, 0.15) is 5.69 Å². The van der Waals surface area contributed by atoms with Gasteiger partial charge in [-0.2, -0.15) is 5.10 Å². The van der Waals surface area contributed by atoms with Crippen molar-refractivity contribution >= 4 is 10.9 Å². The zero-order valence-electron chi connectivity index (χ0n) is 11.4. The number of para-hydroxylation sites is 1. The lowest BCUT2D eigenvalue weighted by Crippen LogP contribution is -2.10. The maximum absolute atomic E-state index is 5.57. The summed E-state index contributed by atoms with van der Waals surface area (Å²) in [5, 5.41) is 5.79. The molecule has 0 saturated carbocycles. The lowest BCUT2D eigenvalue weighted by atomic mass is 10.2. The third kappa shape index (κ3) is 2.26. The highest BCUT2D eigenvalue weighted by Gasteiger charge is 2.08. The van der Waals surface area contributed by atoms with Crippen molar-refractivity contribution in [3.63, 3.8) is 0 Å². The van der Waals surface area contributed by atoms with Gasteiger partial charge < -0.3 is 10.5 Å². The molecule has 4 heteroatoms. The van der Waals surface area contributed by atoms with Gasteiger partial charge in [-0.25, -0.2) is 4.68 Å². The number of nitrogens with two attached hydrogens (primary N) is 1. The van der Waals surface area contributed by atoms with E-state index in [0.29, 0.717) is 13.2 Å². The molecular formula is C16H17N3O. The van der Waals surface area contributed by atoms with Gasteiger partial charge in [0, 0.05) is 18.0 Å². The standard InChI is InChI=1S/C16H17N3O/c1-12-15-7-2-3-8-16(15)19(18-12)13-5-4-6-14(11-13)20-10-9-17/h2-8,11H,9-10,17H2,1H3. The molecule has 0 spiro atoms. The number of nitrogens with zero attached hydrogens (tertiary/aromatic N) is 2. The van der Waals surface area contributed by atoms with Crippen LogP contribution >= 0.6 is 0 Å². The van der Waals surface area contributed by atoms with E-state index in [1.165, 1.54) is 5.39 Å². The molecule has 3 rings (SSSR count). The Kier molecular flexibility index (Phi) is 3.39. The van der Waals surface area contributed by atoms with Crippen LogP contribution in [0.3, 0.4) is 0 Å². The lowest BCUT2D eigenvalue weighted by molar-refractivity contribution is 0.328. The van der Waals surface area contributed by atoms with Gasteiger partial charge in [0.05, 0.1) is 16.9 Å². The fourth-order valence-electron chi connectivity index (χ4n) is 2.30. The Labute approximate surface area is 117 Å². The van der Waals surface area contributed by atoms with Crippen molar-refractivity contribution in [1.29, 1.82) is 0 Å². The number of benzene rings is 2. The Bertz CT molecular complexity index is 733. The number of fused-ring (bicyclic) bond motifs is 1. The van der Waals surface area contributed by atoms with Gasteiger partial charge in [0.1, 0.15) is 12.4 Å². The van der Waals surface area contributed by atoms with Crippen LogP contribution in [0.4, 0.5) is 0 Å². The van der Waals surface area contributed by atoms with Crippen LogP contribution in [0.2, 0.25) is 0 Å². The summed E-state index contributed by atoms with van der Waals surface area (Å²) in [6.45, 7) is 3.05. The minimum absolute atomic E-state index is 0.508. The number of ether oxygens (including phenoxy) is 1. The maximum atomic E-state index is 5.57. The third-order valence-electron chi connectivity index (χ3n) is 3.22. The molecule has 0 amide bonds. The van der Waals surface area contributed by atoms with Crippen molar-refractivity contribution in [1.82, 2.24) is 9.78 Å². The zero-order valence-corrected chi connectivity index (χ0v) is 11.4. The molecule has 0 atom stereocenters. The predicted molar refractivity (Wildman–Crippen MR) is 80.4 cm³/mol. The Morgan fingerprint density at radius 3 is 2.85 bits per heavy atom. The van der Waals surface area contributed by atoms with Crippen molar-refractivity contribution in [2.75, 3.05) is 13.2 Å². The Hall–Kier alpha value is -2.33. The molecule has 0 aliphatic carbocycles. The SMILES string of the molecule is Cc1nn(-c2cccc(OCCN)c2)c2ccccc12. The van der Waals surface area contributed by atoms with Crippen molar-refractivity contribution < 1.29 is 4.74 Å². The third-order valence-corrected chi connectivity index (χ3v) is 3.22. The molecule has 2 N–H and O–H groups in total. The smallest absolute Gasteiger partial charge is 0.121 e. The normalized spacial score (nSPS) is 10.9. The van der Waals surface area contributed by atoms with Crippen molar-refractivity contribution in [2.24, 2.45) is 5.73 Å². The summed E-state index contributed by atoms with van der Waals surface area (Å²) in [5.74, 6) is 0.810. The summed E-state index contributed by atoms with van der Waals surface area (Å²) in [6.07, 6.45) is 0. The summed E-state index contributed by atoms with van der Waals surface area (Å²) < 4.78 is 7.51. The van der Waals surface area contributed by atoms with E-state index < -0.39 is 0 Å². The van der Waals surface area contributed by atoms with Gasteiger partial charge in [0.2, 0.25) is 0 Å². The molecule has 0 aliphatic rings. The number of aryl methyl sites for hydroxylation is 1. The van der Waals surface area contributed by atoms with Gasteiger partial charge in [0.15, 0.2) is 0 Å². The first-order valence-corrected chi connectivity index (χ1v) is 6.67. The van der Waals surface area contributed by atoms with E-state index in [0.717, 1.165) is 22.6 Å². The van der Waals surface area contributed by atoms with Crippen molar-refractivity contribution in [3.8, 4) is 11.4 Å². The highest BCUT2D eigenvalue weighted by molar-refractivity contribution is 5.83. The minimum Gasteiger partial charge on any atom is -0.492 e. The molecule has 0 bridgehead atoms. The molecule has 2 aromatic carbocycles. The van der Waals surface area contributed by atoms with E-state index in [2.05, 4.69) is 17.2 Å². The quantitative estimate of drug-likeness (QED) is 0.790. The van der Waals surface area contributed by atoms with Crippen LogP contribution in [-0.2, 0) is 0 Å². The van der Waals surface area contributed by atoms with E-state index in [1.807, 2.05) is 48.0 Å². The topological polar surface area (TPSA) is 53.1 Å². The monoisotopic (exact) mass is 267 g/mol. The van der Waals surface area contributed by atoms with E-state index in [4.69, 9.17) is 10.5 Å². The highest BCUT2D eigenvalue weighted by atomic mass is 16.5. The maximum Gasteiger partial charge on any atom is 0.121 e. The molecule has 0 radical (unpaired) electrons. The number of hydrogen-bond donors (Lipinski definition) is 1. The number of aromatic nitrogens is 2. The lowest BCUT2D eigenvalue weighted by Gasteiger charge is -2.08. The highest BCUT2D eigenvalue weighted by Crippen LogP contribution is 2.23. The van der Waals surface area contributed by atoms with Crippen LogP contribution < -0.4 is 10.5 Å². The molecule has 20 heavy (non-hydrogen) atoms. The molecule has 0 fully saturated rings. The van der Waals surface area contributed by atoms with E-state index in [-0.39, 0.29) is 0 Å². The molecular weight excluding hydrogens is 250 g/mol. The second-order valence-corrected chi connectivity index (χ2v) is 4.65. The Balaban J connectivity index is 2.07. The second kappa shape index (κ2) is 5.35. The molecule has 0 saturated heterocycles. The summed E-state index contributed by atoms with van der Waals surface area (Å²) in [5.41, 5.74) is 8.57. The Morgan fingerprint density at radius 1 is 1.15 bits per heavy atom. The van der Waals surface area contributed by atoms with Gasteiger partial charge in [-0.15, -0.1) is 0 Å². The van der Waals surface area contributed by atoms with Crippen molar-refractivity contribution in [2.45, 2.75) is 6.92 Å². The molecule has 3 aromatic rings. The minimum atomic E-state index is 0.508. The van der Waals surface area contributed by atoms with Gasteiger partial charge in [-0.3, -0.25) is 0 Å². The average molecular weight is 267 g/mol. The molecule has 0 aliphatic heterocycles. The van der Waals surface area contributed by atoms with Crippen LogP contribution in [0.15, 0.2) is 48.5 Å². The summed E-state index contributed by atoms with van der Waals surface area (Å²) in [4.78, 5) is 0. The first-order valence-electron chi connectivity index (χ1n) is 6.67. The first kappa shape index (κ1) is 12.7. The molecule has 4 nitrogen and oxygen atoms in total. The number of rotatable bonds is 4. The second-order valence-electron chi connectivity index (χ2n) is 4.65. The molecule has 1 aromatic heterocycles. The fourth-order valence-corrected chi connectivity index (χ4v) is 2.30. The van der Waals surface area contributed by atoms with Crippen LogP contribution in [0, 0.1) is 6.92 Å². The van der Waals surface area contributed by atoms with E-state index in [1.54, 1.807) is 0 Å². The predicted octanol–water partition coefficient (Wildman–Crippen LogP) is 2.67. The number of hydrogen-bond acceptors (Lipinski definition) is 3. The summed E-state index contributed by atoms with van der Waals surface area (Å²) in [6, 6.07) is 16.1. The van der Waals surface area contributed by atoms with Gasteiger partial charge in [-0.05, 0) is 25.1 Å². The molecule has 102 valence electrons. The van der Waals surface area contributed by atoms with E-state index >= 15 is 0 Å². The van der Waals surface area contributed by atoms with Gasteiger partial charge >= 0.3 is 0 Å². The van der Waals surface area contributed by atoms with Crippen LogP contribution in [-0.4, -0.2) is 22.9 Å². The van der Waals surface area contributed by atoms with E-state index in [9.17, 15) is 0 Å². The molecule has 1 heterocycles. The van der Waals surface area contributed by atoms with Crippen LogP contribution in [0.5, 0.6) is 5.75 Å². The zero-order chi connectivity index (χ0) is 13.9. The summed E-state index contributed by atoms with van der Waals surface area (Å²) in [7, 11) is 0. The fraction of sp³-hybridized carbons (Fsp3) is 0.188. The van der Waals surface area contributed by atoms with Crippen molar-refractivity contribution in [3.05, 3.63) is 54.2 Å².